The molecule has 1 atom stereocenters. The third-order valence-electron chi connectivity index (χ3n) is 5.69. The second-order valence-corrected chi connectivity index (χ2v) is 7.88. The summed E-state index contributed by atoms with van der Waals surface area (Å²) in [5, 5.41) is 12.1. The first-order valence-corrected chi connectivity index (χ1v) is 10.2. The van der Waals surface area contributed by atoms with Gasteiger partial charge in [0.25, 0.3) is 5.91 Å². The van der Waals surface area contributed by atoms with Crippen LogP contribution in [-0.2, 0) is 11.2 Å². The van der Waals surface area contributed by atoms with Gasteiger partial charge in [-0.1, -0.05) is 0 Å². The van der Waals surface area contributed by atoms with E-state index in [2.05, 4.69) is 20.3 Å². The van der Waals surface area contributed by atoms with Crippen LogP contribution in [0, 0.1) is 0 Å². The summed E-state index contributed by atoms with van der Waals surface area (Å²) in [6.45, 7) is 1.36. The average Bonchev–Trinajstić information content (AvgIpc) is 2.95. The minimum absolute atomic E-state index is 0.0366. The molecule has 31 heavy (non-hydrogen) atoms. The molecule has 0 bridgehead atoms. The Morgan fingerprint density at radius 3 is 2.87 bits per heavy atom. The third kappa shape index (κ3) is 4.44. The van der Waals surface area contributed by atoms with Crippen LogP contribution in [0.1, 0.15) is 41.6 Å². The van der Waals surface area contributed by atoms with Gasteiger partial charge in [0.05, 0.1) is 17.3 Å². The zero-order chi connectivity index (χ0) is 22.0. The van der Waals surface area contributed by atoms with E-state index in [1.165, 1.54) is 18.5 Å². The lowest BCUT2D eigenvalue weighted by atomic mass is 9.90. The molecule has 4 heterocycles. The number of nitrogens with one attached hydrogen (secondary N) is 1. The molecule has 1 saturated heterocycles. The molecule has 4 rings (SSSR count). The molecule has 164 valence electrons. The second-order valence-electron chi connectivity index (χ2n) is 7.88. The van der Waals surface area contributed by atoms with Crippen molar-refractivity contribution >= 4 is 23.6 Å². The number of pyridine rings is 1. The quantitative estimate of drug-likeness (QED) is 0.534. The van der Waals surface area contributed by atoms with Gasteiger partial charge in [0.15, 0.2) is 0 Å². The molecule has 1 unspecified atom stereocenters. The number of rotatable bonds is 4. The molecular formula is C20H25N7O4. The fourth-order valence-corrected chi connectivity index (χ4v) is 4.10. The first-order chi connectivity index (χ1) is 14.8. The van der Waals surface area contributed by atoms with Gasteiger partial charge in [-0.15, -0.1) is 0 Å². The summed E-state index contributed by atoms with van der Waals surface area (Å²) in [7, 11) is 0. The lowest BCUT2D eigenvalue weighted by Crippen LogP contribution is -2.38. The fourth-order valence-electron chi connectivity index (χ4n) is 4.10. The minimum atomic E-state index is -0.454. The lowest BCUT2D eigenvalue weighted by molar-refractivity contribution is -0.131. The molecular weight excluding hydrogens is 402 g/mol. The van der Waals surface area contributed by atoms with Crippen LogP contribution in [-0.4, -0.2) is 62.0 Å². The predicted molar refractivity (Wildman–Crippen MR) is 111 cm³/mol. The maximum atomic E-state index is 12.7. The summed E-state index contributed by atoms with van der Waals surface area (Å²) in [6, 6.07) is 1.32. The van der Waals surface area contributed by atoms with Crippen molar-refractivity contribution < 1.29 is 19.4 Å². The van der Waals surface area contributed by atoms with E-state index in [4.69, 9.17) is 16.2 Å². The lowest BCUT2D eigenvalue weighted by Gasteiger charge is -2.27. The summed E-state index contributed by atoms with van der Waals surface area (Å²) in [5.41, 5.74) is 12.2. The highest BCUT2D eigenvalue weighted by Crippen LogP contribution is 2.42. The van der Waals surface area contributed by atoms with Gasteiger partial charge in [-0.3, -0.25) is 14.6 Å². The van der Waals surface area contributed by atoms with Crippen LogP contribution in [0.3, 0.4) is 0 Å². The SMILES string of the molecule is Nc1nc(N)c2c(n1)OC1(CCCN(C(=O)CCNC(=O)c3cncc(O)c3)CC1)C2. The zero-order valence-electron chi connectivity index (χ0n) is 17.0. The Kier molecular flexibility index (Phi) is 5.49. The highest BCUT2D eigenvalue weighted by atomic mass is 16.5. The summed E-state index contributed by atoms with van der Waals surface area (Å²) >= 11 is 0. The Morgan fingerprint density at radius 2 is 2.06 bits per heavy atom. The highest BCUT2D eigenvalue weighted by Gasteiger charge is 2.43. The highest BCUT2D eigenvalue weighted by molar-refractivity contribution is 5.94. The van der Waals surface area contributed by atoms with Gasteiger partial charge in [-0.25, -0.2) is 0 Å². The number of carbonyl (C=O) groups excluding carboxylic acids is 2. The molecule has 6 N–H and O–H groups in total. The van der Waals surface area contributed by atoms with Crippen LogP contribution in [0.2, 0.25) is 0 Å². The van der Waals surface area contributed by atoms with E-state index < -0.39 is 5.60 Å². The predicted octanol–water partition coefficient (Wildman–Crippen LogP) is 0.248. The first-order valence-electron chi connectivity index (χ1n) is 10.2. The molecule has 2 aromatic heterocycles. The smallest absolute Gasteiger partial charge is 0.252 e. The van der Waals surface area contributed by atoms with E-state index in [9.17, 15) is 14.7 Å². The van der Waals surface area contributed by atoms with E-state index in [1.54, 1.807) is 4.90 Å². The van der Waals surface area contributed by atoms with Crippen LogP contribution < -0.4 is 21.5 Å². The number of carbonyl (C=O) groups is 2. The second kappa shape index (κ2) is 8.25. The Balaban J connectivity index is 1.29. The number of hydrogen-bond donors (Lipinski definition) is 4. The number of ether oxygens (including phenoxy) is 1. The van der Waals surface area contributed by atoms with Crippen LogP contribution in [0.5, 0.6) is 11.6 Å². The fraction of sp³-hybridized carbons (Fsp3) is 0.450. The number of nitrogens with two attached hydrogens (primary N) is 2. The van der Waals surface area contributed by atoms with Gasteiger partial charge >= 0.3 is 0 Å². The molecule has 0 aromatic carbocycles. The number of hydrogen-bond acceptors (Lipinski definition) is 9. The maximum Gasteiger partial charge on any atom is 0.252 e. The van der Waals surface area contributed by atoms with Gasteiger partial charge in [0, 0.05) is 45.1 Å². The van der Waals surface area contributed by atoms with Crippen LogP contribution >= 0.6 is 0 Å². The van der Waals surface area contributed by atoms with E-state index in [-0.39, 0.29) is 42.0 Å². The van der Waals surface area contributed by atoms with Gasteiger partial charge in [-0.2, -0.15) is 9.97 Å². The maximum absolute atomic E-state index is 12.7. The first kappa shape index (κ1) is 20.6. The van der Waals surface area contributed by atoms with Crippen molar-refractivity contribution in [1.82, 2.24) is 25.2 Å². The average molecular weight is 427 g/mol. The summed E-state index contributed by atoms with van der Waals surface area (Å²) < 4.78 is 6.14. The van der Waals surface area contributed by atoms with Crippen molar-refractivity contribution in [2.45, 2.75) is 37.7 Å². The molecule has 1 fully saturated rings. The molecule has 11 nitrogen and oxygen atoms in total. The van der Waals surface area contributed by atoms with Gasteiger partial charge in [0.2, 0.25) is 17.7 Å². The monoisotopic (exact) mass is 427 g/mol. The van der Waals surface area contributed by atoms with Crippen LogP contribution in [0.25, 0.3) is 0 Å². The normalized spacial score (nSPS) is 20.1. The summed E-state index contributed by atoms with van der Waals surface area (Å²) in [5.74, 6) is 0.353. The standard InChI is InChI=1S/C20H25N7O4/c21-16-14-9-20(31-18(14)26-19(22)25-16)3-1-6-27(7-4-20)15(29)2-5-24-17(30)12-8-13(28)11-23-10-12/h8,10-11,28H,1-7,9H2,(H,24,30)(H4,21,22,25,26). The van der Waals surface area contributed by atoms with Gasteiger partial charge < -0.3 is 31.5 Å². The van der Waals surface area contributed by atoms with Crippen molar-refractivity contribution in [2.75, 3.05) is 31.1 Å². The number of aromatic hydroxyl groups is 1. The van der Waals surface area contributed by atoms with E-state index >= 15 is 0 Å². The number of likely N-dealkylation sites (tertiary alicyclic amines) is 1. The molecule has 2 aromatic rings. The molecule has 0 radical (unpaired) electrons. The molecule has 11 heteroatoms. The minimum Gasteiger partial charge on any atom is -0.506 e. The molecule has 0 aliphatic carbocycles. The summed E-state index contributed by atoms with van der Waals surface area (Å²) in [4.78, 5) is 38.5. The summed E-state index contributed by atoms with van der Waals surface area (Å²) in [6.07, 6.45) is 5.59. The van der Waals surface area contributed by atoms with Gasteiger partial charge in [-0.05, 0) is 18.9 Å². The molecule has 2 amide bonds. The number of amides is 2. The molecule has 1 spiro atoms. The van der Waals surface area contributed by atoms with Gasteiger partial charge in [0.1, 0.15) is 17.2 Å². The van der Waals surface area contributed by atoms with E-state index in [0.717, 1.165) is 18.4 Å². The number of nitrogen functional groups attached to an aromatic ring is 2. The number of nitrogens with zero attached hydrogens (tertiary/aromatic N) is 4. The number of anilines is 2. The number of fused-ring (bicyclic) bond motifs is 1. The third-order valence-corrected chi connectivity index (χ3v) is 5.69. The van der Waals surface area contributed by atoms with Crippen LogP contribution in [0.4, 0.5) is 11.8 Å². The van der Waals surface area contributed by atoms with E-state index in [1.807, 2.05) is 0 Å². The largest absolute Gasteiger partial charge is 0.506 e. The van der Waals surface area contributed by atoms with Crippen molar-refractivity contribution in [1.29, 1.82) is 0 Å². The van der Waals surface area contributed by atoms with Crippen molar-refractivity contribution in [3.63, 3.8) is 0 Å². The Labute approximate surface area is 178 Å². The Bertz CT molecular complexity index is 1020. The topological polar surface area (TPSA) is 170 Å². The van der Waals surface area contributed by atoms with Crippen molar-refractivity contribution in [2.24, 2.45) is 0 Å². The van der Waals surface area contributed by atoms with E-state index in [0.29, 0.717) is 37.6 Å². The van der Waals surface area contributed by atoms with Crippen LogP contribution in [0.15, 0.2) is 18.5 Å². The zero-order valence-corrected chi connectivity index (χ0v) is 17.0. The van der Waals surface area contributed by atoms with Crippen molar-refractivity contribution in [3.8, 4) is 11.6 Å². The molecule has 2 aliphatic heterocycles. The molecule has 2 aliphatic rings. The Morgan fingerprint density at radius 1 is 1.23 bits per heavy atom. The van der Waals surface area contributed by atoms with Crippen molar-refractivity contribution in [3.05, 3.63) is 29.6 Å². The Hall–Kier alpha value is -3.63. The molecule has 0 saturated carbocycles. The number of aromatic nitrogens is 3.